The molecule has 0 spiro atoms. The molecule has 6 nitrogen and oxygen atoms in total. The quantitative estimate of drug-likeness (QED) is 0.824. The maximum atomic E-state index is 13.4. The zero-order valence-corrected chi connectivity index (χ0v) is 8.50. The lowest BCUT2D eigenvalue weighted by atomic mass is 10.2. The summed E-state index contributed by atoms with van der Waals surface area (Å²) in [5, 5.41) is 15.7. The third-order valence-electron chi connectivity index (χ3n) is 2.08. The number of nitrogens with zero attached hydrogens (tertiary/aromatic N) is 2. The molecule has 0 amide bonds. The van der Waals surface area contributed by atoms with E-state index in [0.29, 0.717) is 0 Å². The van der Waals surface area contributed by atoms with E-state index in [1.165, 1.54) is 18.2 Å². The van der Waals surface area contributed by atoms with Gasteiger partial charge in [-0.05, 0) is 12.1 Å². The highest BCUT2D eigenvalue weighted by molar-refractivity contribution is 5.73. The van der Waals surface area contributed by atoms with Crippen molar-refractivity contribution in [3.63, 3.8) is 0 Å². The van der Waals surface area contributed by atoms with E-state index in [1.54, 1.807) is 6.07 Å². The zero-order valence-electron chi connectivity index (χ0n) is 8.50. The van der Waals surface area contributed by atoms with Crippen molar-refractivity contribution in [2.24, 2.45) is 5.73 Å². The molecule has 17 heavy (non-hydrogen) atoms. The summed E-state index contributed by atoms with van der Waals surface area (Å²) >= 11 is 0. The lowest BCUT2D eigenvalue weighted by molar-refractivity contribution is -0.139. The van der Waals surface area contributed by atoms with Gasteiger partial charge < -0.3 is 15.3 Å². The number of benzene rings is 1. The molecule has 1 heterocycles. The minimum absolute atomic E-state index is 0.101. The van der Waals surface area contributed by atoms with Gasteiger partial charge in [-0.2, -0.15) is 0 Å². The monoisotopic (exact) mass is 237 g/mol. The number of carbonyl (C=O) groups is 1. The van der Waals surface area contributed by atoms with E-state index in [2.05, 4.69) is 10.2 Å². The fourth-order valence-electron chi connectivity index (χ4n) is 1.21. The standard InChI is InChI=1S/C10H8FN3O3/c11-6-4-2-1-3-5(6)8-13-14-9(17-8)7(12)10(15)16/h1-4,7H,12H2,(H,15,16). The van der Waals surface area contributed by atoms with Crippen LogP contribution in [0, 0.1) is 5.82 Å². The van der Waals surface area contributed by atoms with Crippen molar-refractivity contribution in [1.82, 2.24) is 10.2 Å². The minimum Gasteiger partial charge on any atom is -0.480 e. The molecule has 3 N–H and O–H groups in total. The fourth-order valence-corrected chi connectivity index (χ4v) is 1.21. The molecular formula is C10H8FN3O3. The van der Waals surface area contributed by atoms with Crippen LogP contribution in [-0.4, -0.2) is 21.3 Å². The molecule has 2 rings (SSSR count). The topological polar surface area (TPSA) is 102 Å². The Labute approximate surface area is 94.9 Å². The molecule has 0 saturated carbocycles. The van der Waals surface area contributed by atoms with Gasteiger partial charge in [0.1, 0.15) is 5.82 Å². The van der Waals surface area contributed by atoms with Gasteiger partial charge in [-0.25, -0.2) is 9.18 Å². The summed E-state index contributed by atoms with van der Waals surface area (Å²) in [6.45, 7) is 0. The summed E-state index contributed by atoms with van der Waals surface area (Å²) < 4.78 is 18.4. The normalized spacial score (nSPS) is 12.4. The number of carboxylic acids is 1. The predicted octanol–water partition coefficient (Wildman–Crippen LogP) is 0.960. The van der Waals surface area contributed by atoms with E-state index in [4.69, 9.17) is 15.3 Å². The molecule has 7 heteroatoms. The summed E-state index contributed by atoms with van der Waals surface area (Å²) in [5.41, 5.74) is 5.38. The van der Waals surface area contributed by atoms with Gasteiger partial charge >= 0.3 is 5.97 Å². The molecular weight excluding hydrogens is 229 g/mol. The van der Waals surface area contributed by atoms with E-state index in [1.807, 2.05) is 0 Å². The highest BCUT2D eigenvalue weighted by atomic mass is 19.1. The van der Waals surface area contributed by atoms with Gasteiger partial charge in [-0.3, -0.25) is 0 Å². The molecule has 1 unspecified atom stereocenters. The molecule has 0 bridgehead atoms. The third kappa shape index (κ3) is 2.13. The van der Waals surface area contributed by atoms with Gasteiger partial charge in [-0.1, -0.05) is 12.1 Å². The summed E-state index contributed by atoms with van der Waals surface area (Å²) in [6.07, 6.45) is 0. The van der Waals surface area contributed by atoms with E-state index >= 15 is 0 Å². The van der Waals surface area contributed by atoms with Gasteiger partial charge in [0.25, 0.3) is 5.89 Å². The van der Waals surface area contributed by atoms with Crippen molar-refractivity contribution in [2.75, 3.05) is 0 Å². The summed E-state index contributed by atoms with van der Waals surface area (Å²) in [6, 6.07) is 4.37. The van der Waals surface area contributed by atoms with Crippen molar-refractivity contribution in [3.05, 3.63) is 36.0 Å². The molecule has 0 saturated heterocycles. The predicted molar refractivity (Wildman–Crippen MR) is 54.3 cm³/mol. The highest BCUT2D eigenvalue weighted by Crippen LogP contribution is 2.22. The number of nitrogens with two attached hydrogens (primary N) is 1. The smallest absolute Gasteiger partial charge is 0.330 e. The van der Waals surface area contributed by atoms with Crippen molar-refractivity contribution in [2.45, 2.75) is 6.04 Å². The number of hydrogen-bond donors (Lipinski definition) is 2. The Bertz CT molecular complexity index is 555. The van der Waals surface area contributed by atoms with Crippen LogP contribution in [0.4, 0.5) is 4.39 Å². The van der Waals surface area contributed by atoms with Gasteiger partial charge in [0.15, 0.2) is 6.04 Å². The lowest BCUT2D eigenvalue weighted by Crippen LogP contribution is -2.20. The Balaban J connectivity index is 2.37. The second-order valence-electron chi connectivity index (χ2n) is 3.24. The molecule has 1 atom stereocenters. The van der Waals surface area contributed by atoms with E-state index in [0.717, 1.165) is 0 Å². The van der Waals surface area contributed by atoms with Crippen LogP contribution in [0.3, 0.4) is 0 Å². The van der Waals surface area contributed by atoms with Crippen LogP contribution in [0.25, 0.3) is 11.5 Å². The Morgan fingerprint density at radius 1 is 1.41 bits per heavy atom. The van der Waals surface area contributed by atoms with Crippen molar-refractivity contribution in [1.29, 1.82) is 0 Å². The number of hydrogen-bond acceptors (Lipinski definition) is 5. The molecule has 1 aromatic heterocycles. The average molecular weight is 237 g/mol. The maximum absolute atomic E-state index is 13.4. The summed E-state index contributed by atoms with van der Waals surface area (Å²) in [4.78, 5) is 10.6. The van der Waals surface area contributed by atoms with Crippen LogP contribution in [0.5, 0.6) is 0 Å². The molecule has 88 valence electrons. The van der Waals surface area contributed by atoms with Gasteiger partial charge in [0.05, 0.1) is 5.56 Å². The van der Waals surface area contributed by atoms with E-state index in [-0.39, 0.29) is 17.3 Å². The molecule has 0 fully saturated rings. The number of rotatable bonds is 3. The van der Waals surface area contributed by atoms with Crippen molar-refractivity contribution < 1.29 is 18.7 Å². The average Bonchev–Trinajstić information content (AvgIpc) is 2.77. The molecule has 0 aliphatic heterocycles. The second-order valence-corrected chi connectivity index (χ2v) is 3.24. The number of aliphatic carboxylic acids is 1. The molecule has 0 aliphatic carbocycles. The Kier molecular flexibility index (Phi) is 2.84. The van der Waals surface area contributed by atoms with Crippen LogP contribution in [0.15, 0.2) is 28.7 Å². The number of halogens is 1. The first-order valence-electron chi connectivity index (χ1n) is 4.66. The van der Waals surface area contributed by atoms with Crippen LogP contribution in [0.1, 0.15) is 11.9 Å². The largest absolute Gasteiger partial charge is 0.480 e. The molecule has 0 radical (unpaired) electrons. The SMILES string of the molecule is NC(C(=O)O)c1nnc(-c2ccccc2F)o1. The van der Waals surface area contributed by atoms with Crippen LogP contribution in [0.2, 0.25) is 0 Å². The highest BCUT2D eigenvalue weighted by Gasteiger charge is 2.22. The molecule has 2 aromatic rings. The van der Waals surface area contributed by atoms with E-state index < -0.39 is 17.8 Å². The molecule has 0 aliphatic rings. The number of carboxylic acid groups (broad SMARTS) is 1. The first-order valence-corrected chi connectivity index (χ1v) is 4.66. The van der Waals surface area contributed by atoms with Crippen molar-refractivity contribution >= 4 is 5.97 Å². The summed E-state index contributed by atoms with van der Waals surface area (Å²) in [5.74, 6) is -2.20. The van der Waals surface area contributed by atoms with Gasteiger partial charge in [0, 0.05) is 0 Å². The first kappa shape index (κ1) is 11.2. The fraction of sp³-hybridized carbons (Fsp3) is 0.100. The van der Waals surface area contributed by atoms with Crippen LogP contribution < -0.4 is 5.73 Å². The third-order valence-corrected chi connectivity index (χ3v) is 2.08. The summed E-state index contributed by atoms with van der Waals surface area (Å²) in [7, 11) is 0. The lowest BCUT2D eigenvalue weighted by Gasteiger charge is -1.99. The first-order chi connectivity index (χ1) is 8.09. The Hall–Kier alpha value is -2.28. The van der Waals surface area contributed by atoms with E-state index in [9.17, 15) is 9.18 Å². The Morgan fingerprint density at radius 3 is 2.76 bits per heavy atom. The maximum Gasteiger partial charge on any atom is 0.330 e. The van der Waals surface area contributed by atoms with Crippen LogP contribution in [-0.2, 0) is 4.79 Å². The molecule has 1 aromatic carbocycles. The van der Waals surface area contributed by atoms with Gasteiger partial charge in [0.2, 0.25) is 5.89 Å². The zero-order chi connectivity index (χ0) is 12.4. The van der Waals surface area contributed by atoms with Crippen LogP contribution >= 0.6 is 0 Å². The Morgan fingerprint density at radius 2 is 2.12 bits per heavy atom. The second kappa shape index (κ2) is 4.30. The van der Waals surface area contributed by atoms with Crippen molar-refractivity contribution in [3.8, 4) is 11.5 Å². The minimum atomic E-state index is -1.41. The van der Waals surface area contributed by atoms with Gasteiger partial charge in [-0.15, -0.1) is 10.2 Å². The number of aromatic nitrogens is 2.